The van der Waals surface area contributed by atoms with Gasteiger partial charge in [-0.15, -0.1) is 0 Å². The van der Waals surface area contributed by atoms with Crippen LogP contribution in [0, 0.1) is 0 Å². The van der Waals surface area contributed by atoms with Crippen LogP contribution in [-0.4, -0.2) is 15.6 Å². The molecule has 0 aliphatic carbocycles. The Hall–Kier alpha value is -2.07. The van der Waals surface area contributed by atoms with Gasteiger partial charge in [-0.2, -0.15) is 0 Å². The van der Waals surface area contributed by atoms with Gasteiger partial charge >= 0.3 is 5.97 Å². The molecule has 0 fully saturated rings. The first-order valence-corrected chi connectivity index (χ1v) is 8.35. The molecule has 0 spiro atoms. The molecule has 2 aromatic carbocycles. The second-order valence-electron chi connectivity index (χ2n) is 6.03. The van der Waals surface area contributed by atoms with Crippen molar-refractivity contribution in [3.05, 3.63) is 69.8 Å². The molecule has 4 heteroatoms. The third kappa shape index (κ3) is 3.17. The number of nitrogens with zero attached hydrogens (tertiary/aromatic N) is 1. The first-order valence-electron chi connectivity index (χ1n) is 7.56. The third-order valence-electron chi connectivity index (χ3n) is 4.05. The van der Waals surface area contributed by atoms with Gasteiger partial charge in [0, 0.05) is 28.1 Å². The number of carbonyl (C=O) groups is 1. The molecule has 0 saturated heterocycles. The second-order valence-corrected chi connectivity index (χ2v) is 6.95. The van der Waals surface area contributed by atoms with Gasteiger partial charge < -0.3 is 9.67 Å². The first-order chi connectivity index (χ1) is 11.0. The molecular formula is C19H18BrNO2. The number of halogens is 1. The molecule has 0 unspecified atom stereocenters. The summed E-state index contributed by atoms with van der Waals surface area (Å²) in [6.45, 7) is 5.12. The topological polar surface area (TPSA) is 42.2 Å². The highest BCUT2D eigenvalue weighted by molar-refractivity contribution is 9.10. The van der Waals surface area contributed by atoms with Crippen LogP contribution >= 0.6 is 15.9 Å². The van der Waals surface area contributed by atoms with Gasteiger partial charge in [0.15, 0.2) is 0 Å². The number of carboxylic acids is 1. The number of carboxylic acid groups (broad SMARTS) is 1. The highest BCUT2D eigenvalue weighted by Gasteiger charge is 2.12. The van der Waals surface area contributed by atoms with Crippen molar-refractivity contribution in [3.8, 4) is 0 Å². The van der Waals surface area contributed by atoms with Crippen molar-refractivity contribution in [2.75, 3.05) is 0 Å². The largest absolute Gasteiger partial charge is 0.478 e. The van der Waals surface area contributed by atoms with Gasteiger partial charge in [-0.25, -0.2) is 4.79 Å². The second kappa shape index (κ2) is 6.20. The van der Waals surface area contributed by atoms with Gasteiger partial charge in [0.05, 0.1) is 5.56 Å². The van der Waals surface area contributed by atoms with Crippen LogP contribution < -0.4 is 0 Å². The third-order valence-corrected chi connectivity index (χ3v) is 4.54. The van der Waals surface area contributed by atoms with Crippen LogP contribution in [0.2, 0.25) is 0 Å². The lowest BCUT2D eigenvalue weighted by molar-refractivity contribution is 0.0697. The molecule has 0 saturated carbocycles. The lowest BCUT2D eigenvalue weighted by Crippen LogP contribution is -2.00. The Morgan fingerprint density at radius 1 is 1.17 bits per heavy atom. The first kappa shape index (κ1) is 15.8. The highest BCUT2D eigenvalue weighted by atomic mass is 79.9. The summed E-state index contributed by atoms with van der Waals surface area (Å²) in [5.41, 5.74) is 3.92. The fraction of sp³-hybridized carbons (Fsp3) is 0.211. The van der Waals surface area contributed by atoms with Crippen molar-refractivity contribution in [2.45, 2.75) is 26.3 Å². The molecule has 0 amide bonds. The molecule has 1 heterocycles. The van der Waals surface area contributed by atoms with Crippen molar-refractivity contribution in [1.29, 1.82) is 0 Å². The Morgan fingerprint density at radius 3 is 2.48 bits per heavy atom. The van der Waals surface area contributed by atoms with E-state index in [0.717, 1.165) is 16.6 Å². The minimum Gasteiger partial charge on any atom is -0.478 e. The van der Waals surface area contributed by atoms with E-state index in [1.807, 2.05) is 12.1 Å². The predicted octanol–water partition coefficient (Wildman–Crippen LogP) is 5.27. The van der Waals surface area contributed by atoms with Crippen LogP contribution in [0.15, 0.2) is 53.1 Å². The van der Waals surface area contributed by atoms with E-state index in [-0.39, 0.29) is 0 Å². The maximum atomic E-state index is 11.0. The van der Waals surface area contributed by atoms with Gasteiger partial charge in [-0.05, 0) is 41.3 Å². The van der Waals surface area contributed by atoms with E-state index < -0.39 is 5.97 Å². The fourth-order valence-corrected chi connectivity index (χ4v) is 3.18. The van der Waals surface area contributed by atoms with Crippen LogP contribution in [0.25, 0.3) is 10.9 Å². The number of benzene rings is 2. The van der Waals surface area contributed by atoms with Crippen molar-refractivity contribution >= 4 is 32.8 Å². The molecule has 1 aromatic heterocycles. The summed E-state index contributed by atoms with van der Waals surface area (Å²) >= 11 is 3.55. The van der Waals surface area contributed by atoms with Crippen molar-refractivity contribution in [1.82, 2.24) is 4.57 Å². The van der Waals surface area contributed by atoms with Gasteiger partial charge in [-0.3, -0.25) is 0 Å². The molecule has 3 nitrogen and oxygen atoms in total. The number of hydrogen-bond acceptors (Lipinski definition) is 1. The smallest absolute Gasteiger partial charge is 0.335 e. The molecular weight excluding hydrogens is 354 g/mol. The SMILES string of the molecule is CC(C)c1cn(Cc2ccc(C(=O)O)cc2)c2cc(Br)ccc12. The molecule has 23 heavy (non-hydrogen) atoms. The molecule has 0 aliphatic rings. The Balaban J connectivity index is 2.02. The van der Waals surface area contributed by atoms with Crippen molar-refractivity contribution < 1.29 is 9.90 Å². The summed E-state index contributed by atoms with van der Waals surface area (Å²) in [7, 11) is 0. The standard InChI is InChI=1S/C19H18BrNO2/c1-12(2)17-11-21(18-9-15(20)7-8-16(17)18)10-13-3-5-14(6-4-13)19(22)23/h3-9,11-12H,10H2,1-2H3,(H,22,23). The van der Waals surface area contributed by atoms with E-state index in [2.05, 4.69) is 58.7 Å². The fourth-order valence-electron chi connectivity index (χ4n) is 2.83. The quantitative estimate of drug-likeness (QED) is 0.678. The van der Waals surface area contributed by atoms with Gasteiger partial charge in [-0.1, -0.05) is 48.0 Å². The Kier molecular flexibility index (Phi) is 4.26. The van der Waals surface area contributed by atoms with Crippen LogP contribution in [0.4, 0.5) is 0 Å². The predicted molar refractivity (Wildman–Crippen MR) is 96.2 cm³/mol. The van der Waals surface area contributed by atoms with E-state index in [9.17, 15) is 4.79 Å². The molecule has 3 rings (SSSR count). The van der Waals surface area contributed by atoms with E-state index >= 15 is 0 Å². The van der Waals surface area contributed by atoms with Crippen LogP contribution in [0.5, 0.6) is 0 Å². The lowest BCUT2D eigenvalue weighted by atomic mass is 10.0. The van der Waals surface area contributed by atoms with E-state index in [4.69, 9.17) is 5.11 Å². The van der Waals surface area contributed by atoms with Gasteiger partial charge in [0.25, 0.3) is 0 Å². The summed E-state index contributed by atoms with van der Waals surface area (Å²) in [6.07, 6.45) is 2.20. The number of fused-ring (bicyclic) bond motifs is 1. The number of aromatic nitrogens is 1. The van der Waals surface area contributed by atoms with Crippen LogP contribution in [0.1, 0.15) is 41.3 Å². The van der Waals surface area contributed by atoms with Crippen LogP contribution in [-0.2, 0) is 6.54 Å². The molecule has 0 radical (unpaired) electrons. The molecule has 0 bridgehead atoms. The molecule has 1 N–H and O–H groups in total. The van der Waals surface area contributed by atoms with Crippen molar-refractivity contribution in [3.63, 3.8) is 0 Å². The minimum atomic E-state index is -0.894. The van der Waals surface area contributed by atoms with Gasteiger partial charge in [0.2, 0.25) is 0 Å². The van der Waals surface area contributed by atoms with Gasteiger partial charge in [0.1, 0.15) is 0 Å². The summed E-state index contributed by atoms with van der Waals surface area (Å²) in [4.78, 5) is 11.0. The zero-order valence-corrected chi connectivity index (χ0v) is 14.7. The van der Waals surface area contributed by atoms with E-state index in [1.54, 1.807) is 12.1 Å². The number of aromatic carboxylic acids is 1. The molecule has 3 aromatic rings. The maximum Gasteiger partial charge on any atom is 0.335 e. The molecule has 118 valence electrons. The summed E-state index contributed by atoms with van der Waals surface area (Å²) in [5, 5.41) is 10.3. The average Bonchev–Trinajstić information content (AvgIpc) is 2.86. The highest BCUT2D eigenvalue weighted by Crippen LogP contribution is 2.30. The zero-order chi connectivity index (χ0) is 16.6. The summed E-state index contributed by atoms with van der Waals surface area (Å²) in [5.74, 6) is -0.441. The molecule has 0 atom stereocenters. The maximum absolute atomic E-state index is 11.0. The average molecular weight is 372 g/mol. The lowest BCUT2D eigenvalue weighted by Gasteiger charge is -2.06. The summed E-state index contributed by atoms with van der Waals surface area (Å²) < 4.78 is 3.28. The number of rotatable bonds is 4. The molecule has 0 aliphatic heterocycles. The number of hydrogen-bond donors (Lipinski definition) is 1. The Labute approximate surface area is 143 Å². The van der Waals surface area contributed by atoms with E-state index in [0.29, 0.717) is 11.5 Å². The van der Waals surface area contributed by atoms with Crippen molar-refractivity contribution in [2.24, 2.45) is 0 Å². The Bertz CT molecular complexity index is 863. The summed E-state index contributed by atoms with van der Waals surface area (Å²) in [6, 6.07) is 13.4. The monoisotopic (exact) mass is 371 g/mol. The zero-order valence-electron chi connectivity index (χ0n) is 13.1. The normalized spacial score (nSPS) is 11.3. The van der Waals surface area contributed by atoms with E-state index in [1.165, 1.54) is 16.5 Å². The van der Waals surface area contributed by atoms with Crippen LogP contribution in [0.3, 0.4) is 0 Å². The minimum absolute atomic E-state index is 0.316. The Morgan fingerprint density at radius 2 is 1.87 bits per heavy atom.